The topological polar surface area (TPSA) is 387 Å². The summed E-state index contributed by atoms with van der Waals surface area (Å²) in [5, 5.41) is 63.2. The Morgan fingerprint density at radius 3 is 0.701 bits per heavy atom. The minimum Gasteiger partial charge on any atom is -0.693 e. The van der Waals surface area contributed by atoms with Crippen LogP contribution in [0.2, 0.25) is 0 Å². The van der Waals surface area contributed by atoms with Crippen LogP contribution in [0.5, 0.6) is 0 Å². The van der Waals surface area contributed by atoms with Crippen molar-refractivity contribution >= 4 is 93.1 Å². The van der Waals surface area contributed by atoms with Gasteiger partial charge in [0.25, 0.3) is 0 Å². The second-order valence-corrected chi connectivity index (χ2v) is 31.3. The molecular weight excluding hydrogens is 2140 g/mol. The number of amides is 6. The number of hydrogen-bond acceptors (Lipinski definition) is 6. The van der Waals surface area contributed by atoms with Crippen LogP contribution in [0.1, 0.15) is 258 Å². The minimum atomic E-state index is -5.50. The number of rotatable bonds is 20. The number of nitrogens with one attached hydrogen (secondary N) is 7. The van der Waals surface area contributed by atoms with Crippen molar-refractivity contribution in [1.29, 1.82) is 0 Å². The molecule has 0 radical (unpaired) electrons. The fourth-order valence-corrected chi connectivity index (χ4v) is 8.68. The summed E-state index contributed by atoms with van der Waals surface area (Å²) in [4.78, 5) is 60.3. The Morgan fingerprint density at radius 1 is 0.364 bits per heavy atom. The quantitative estimate of drug-likeness (QED) is 0.0307. The van der Waals surface area contributed by atoms with Gasteiger partial charge in [0, 0.05) is 38.3 Å². The summed E-state index contributed by atoms with van der Waals surface area (Å²) >= 11 is -1.42. The first-order chi connectivity index (χ1) is 48.5. The third kappa shape index (κ3) is 215. The maximum Gasteiger partial charge on any atom is -0.693 e. The van der Waals surface area contributed by atoms with Crippen molar-refractivity contribution in [3.63, 3.8) is 0 Å². The molecule has 2 atom stereocenters. The van der Waals surface area contributed by atoms with Gasteiger partial charge in [0.2, 0.25) is 13.9 Å². The summed E-state index contributed by atoms with van der Waals surface area (Å²) in [6.07, 6.45) is 29.5. The molecule has 3 aliphatic carbocycles. The normalized spacial score (nSPS) is 14.8. The molecule has 666 valence electrons. The second kappa shape index (κ2) is 123. The maximum atomic E-state index is 11.0. The Bertz CT molecular complexity index is 1570. The summed E-state index contributed by atoms with van der Waals surface area (Å²) in [7, 11) is 29.2. The molecule has 0 aliphatic heterocycles. The molecule has 0 aromatic rings. The van der Waals surface area contributed by atoms with Gasteiger partial charge < -0.3 is 102 Å². The van der Waals surface area contributed by atoms with Gasteiger partial charge in [-0.2, -0.15) is 12.0 Å². The Kier molecular flexibility index (Phi) is 161. The number of hydrogen-bond donors (Lipinski definition) is 12. The molecule has 0 saturated heterocycles. The molecular formula is C63H127Cl6F14N9O12Pt3. The fraction of sp³-hybridized carbons (Fsp3) is 0.857. The van der Waals surface area contributed by atoms with E-state index in [0.29, 0.717) is 19.0 Å². The molecule has 6 amide bonds. The largest absolute Gasteiger partial charge is 0.693 e. The number of carboxylic acid groups (broad SMARTS) is 6. The Balaban J connectivity index is -0.0000000678. The second-order valence-electron chi connectivity index (χ2n) is 21.5. The molecule has 21 nitrogen and oxygen atoms in total. The first-order valence-corrected chi connectivity index (χ1v) is 50.2. The van der Waals surface area contributed by atoms with Gasteiger partial charge in [0.1, 0.15) is 13.3 Å². The van der Waals surface area contributed by atoms with E-state index >= 15 is 0 Å². The molecule has 44 heteroatoms. The van der Waals surface area contributed by atoms with Gasteiger partial charge >= 0.3 is 155 Å². The number of alkyl halides is 14. The molecule has 17 N–H and O–H groups in total. The van der Waals surface area contributed by atoms with E-state index < -0.39 is 126 Å². The smallest absolute Gasteiger partial charge is 0.693 e. The molecule has 0 aromatic carbocycles. The van der Waals surface area contributed by atoms with Gasteiger partial charge in [-0.3, -0.25) is 0 Å². The summed E-state index contributed by atoms with van der Waals surface area (Å²) in [5.74, 6) is 0.420. The summed E-state index contributed by atoms with van der Waals surface area (Å²) < 4.78 is 138. The minimum absolute atomic E-state index is 0. The fourth-order valence-electron chi connectivity index (χ4n) is 8.68. The third-order valence-electron chi connectivity index (χ3n) is 13.1. The van der Waals surface area contributed by atoms with Crippen LogP contribution in [0.4, 0.5) is 90.2 Å². The zero-order valence-corrected chi connectivity index (χ0v) is 73.2. The van der Waals surface area contributed by atoms with Crippen LogP contribution in [0.15, 0.2) is 0 Å². The third-order valence-corrected chi connectivity index (χ3v) is 13.1. The van der Waals surface area contributed by atoms with Gasteiger partial charge in [0.05, 0.1) is 0 Å². The van der Waals surface area contributed by atoms with Crippen molar-refractivity contribution in [2.75, 3.05) is 53.4 Å². The summed E-state index contributed by atoms with van der Waals surface area (Å²) in [6.45, 7) is 4.44. The maximum absolute atomic E-state index is 11.0. The number of unbranched alkanes of at least 4 members (excludes halogenated alkanes) is 10. The van der Waals surface area contributed by atoms with E-state index in [0.717, 1.165) is 57.8 Å². The average Bonchev–Trinajstić information content (AvgIpc) is 0.952. The predicted molar refractivity (Wildman–Crippen MR) is 397 cm³/mol. The standard InChI is InChI=1S/2C13H25NO2.2C9H19NO2.C7H13N.2C3H6FNO2.2CF4.2CH2F2.2CH3.6ClH.2H2N.3Pt/c2*15-13(16)14-12-10-8-6-4-2-1-3-5-7-9-11-12;2*1-2-3-4-5-6-7-8-10-9(11)12;1-6-4-2-3-5-7(6)8;2*4-1-2-5-3(6)7;2*2-1(3,4)5;2*2-1-3;;;;;;;;;;;;;/h2*12,14H,1-11H2,(H,15,16);2*10H,2-8H2,1H3,(H,11,12);6-8H,1-5H2;2*5H,1-2H2,(H,6,7);;;2*1H2;2*1H3;6*1H;2*1H2;;;/q;;;;-2;;;;;;;2*-1;;;;;;;2*-1;3*+4/p-6/t;;;;6-,7-;;;;;;;;;;;;;;;;;;;/m....1.................../s1. The van der Waals surface area contributed by atoms with Crippen molar-refractivity contribution in [2.45, 2.75) is 289 Å². The molecule has 0 spiro atoms. The molecule has 0 unspecified atom stereocenters. The van der Waals surface area contributed by atoms with E-state index in [2.05, 4.69) is 42.0 Å². The van der Waals surface area contributed by atoms with Gasteiger partial charge in [0.15, 0.2) is 0 Å². The van der Waals surface area contributed by atoms with Crippen molar-refractivity contribution in [3.8, 4) is 0 Å². The zero-order valence-electron chi connectivity index (χ0n) is 61.8. The monoisotopic (exact) mass is 2260 g/mol. The van der Waals surface area contributed by atoms with E-state index in [1.807, 2.05) is 10.6 Å². The van der Waals surface area contributed by atoms with Crippen LogP contribution in [0.25, 0.3) is 18.0 Å². The van der Waals surface area contributed by atoms with Gasteiger partial charge in [-0.25, -0.2) is 55.1 Å². The van der Waals surface area contributed by atoms with Crippen molar-refractivity contribution in [2.24, 2.45) is 5.92 Å². The van der Waals surface area contributed by atoms with E-state index in [1.165, 1.54) is 186 Å². The van der Waals surface area contributed by atoms with Gasteiger partial charge in [-0.05, 0) is 38.5 Å². The Hall–Kier alpha value is -1.68. The van der Waals surface area contributed by atoms with Crippen LogP contribution < -0.4 is 31.9 Å². The number of halogens is 20. The van der Waals surface area contributed by atoms with Crippen LogP contribution in [-0.2, 0) is 49.4 Å². The van der Waals surface area contributed by atoms with Crippen LogP contribution >= 0.6 is 56.5 Å². The van der Waals surface area contributed by atoms with E-state index in [1.54, 1.807) is 0 Å². The number of carbonyl (C=O) groups is 6. The molecule has 3 saturated carbocycles. The van der Waals surface area contributed by atoms with E-state index in [-0.39, 0.29) is 58.4 Å². The van der Waals surface area contributed by atoms with E-state index in [4.69, 9.17) is 92.9 Å². The Labute approximate surface area is 678 Å². The number of nitrogens with two attached hydrogens (primary N) is 2. The zero-order chi connectivity index (χ0) is 81.7. The first kappa shape index (κ1) is 141. The van der Waals surface area contributed by atoms with E-state index in [9.17, 15) is 90.2 Å². The summed E-state index contributed by atoms with van der Waals surface area (Å²) in [5.41, 5.74) is 7.42. The molecule has 0 aromatic heterocycles. The predicted octanol–water partition coefficient (Wildman–Crippen LogP) is 27.1. The summed E-state index contributed by atoms with van der Waals surface area (Å²) in [6, 6.07) is 0.526. The molecule has 0 heterocycles. The van der Waals surface area contributed by atoms with Crippen LogP contribution in [0.3, 0.4) is 0 Å². The molecule has 0 bridgehead atoms. The van der Waals surface area contributed by atoms with Gasteiger partial charge in [-0.15, -0.1) is 35.1 Å². The van der Waals surface area contributed by atoms with Crippen molar-refractivity contribution in [1.82, 2.24) is 31.9 Å². The van der Waals surface area contributed by atoms with Gasteiger partial charge in [-0.1, -0.05) is 219 Å². The molecule has 107 heavy (non-hydrogen) atoms. The first-order valence-electron chi connectivity index (χ1n) is 33.3. The molecule has 3 aliphatic rings. The van der Waals surface area contributed by atoms with Crippen molar-refractivity contribution in [3.05, 3.63) is 39.8 Å². The van der Waals surface area contributed by atoms with Crippen LogP contribution in [-0.4, -0.2) is 152 Å². The molecule has 3 fully saturated rings. The molecule has 3 rings (SSSR count). The van der Waals surface area contributed by atoms with Crippen LogP contribution in [0, 0.1) is 27.7 Å². The Morgan fingerprint density at radius 2 is 0.542 bits per heavy atom. The van der Waals surface area contributed by atoms with Crippen molar-refractivity contribution < 1.29 is 170 Å². The average molecular weight is 2270 g/mol. The SMILES string of the molecule is CCCCCCCCNC(=O)O.CCCCCCCCNC(=O)O.FC(F)(F)F.FC(F)(F)F.FCF.FCF.O=C(O)NC1CCCCCCCCCCC1.O=C(O)NC1CCCCCCCCCCC1.O=C(O)NCCF.O=C(O)NCCF.[CH2-][C@@H]1CCCC[C@H]1[NH-].[CH3-].[CH3-].[Cl][Pt+2][Cl].[Cl][Pt+2][Cl].[Cl][Pt+2][Cl].[NH2-].[NH2-].